The summed E-state index contributed by atoms with van der Waals surface area (Å²) in [5.74, 6) is 0. The van der Waals surface area contributed by atoms with Crippen molar-refractivity contribution >= 4 is 0 Å². The van der Waals surface area contributed by atoms with Gasteiger partial charge in [0.2, 0.25) is 0 Å². The Morgan fingerprint density at radius 2 is 1.33 bits per heavy atom. The SMILES string of the molecule is [CH2]C(CO[N+](=O)[O-])(CO[N+](=O)[O-])[N+](=O)[O-]. The Balaban J connectivity index is 4.38. The highest BCUT2D eigenvalue weighted by atomic mass is 17.0. The molecule has 11 heteroatoms. The lowest BCUT2D eigenvalue weighted by molar-refractivity contribution is -0.785. The van der Waals surface area contributed by atoms with E-state index in [1.54, 1.807) is 0 Å². The number of nitro groups is 1. The summed E-state index contributed by atoms with van der Waals surface area (Å²) in [7, 11) is 0. The third-order valence-corrected chi connectivity index (χ3v) is 1.26. The van der Waals surface area contributed by atoms with Crippen molar-refractivity contribution in [2.45, 2.75) is 5.54 Å². The van der Waals surface area contributed by atoms with E-state index in [1.807, 2.05) is 0 Å². The Kier molecular flexibility index (Phi) is 4.16. The molecule has 0 aliphatic carbocycles. The van der Waals surface area contributed by atoms with E-state index in [0.717, 1.165) is 0 Å². The van der Waals surface area contributed by atoms with E-state index in [4.69, 9.17) is 0 Å². The Hall–Kier alpha value is -2.20. The maximum absolute atomic E-state index is 10.4. The summed E-state index contributed by atoms with van der Waals surface area (Å²) in [5, 5.41) is 27.4. The van der Waals surface area contributed by atoms with Gasteiger partial charge in [-0.05, 0) is 0 Å². The van der Waals surface area contributed by atoms with Gasteiger partial charge in [0.1, 0.15) is 0 Å². The van der Waals surface area contributed by atoms with E-state index < -0.39 is 33.8 Å². The van der Waals surface area contributed by atoms with Gasteiger partial charge in [-0.1, -0.05) is 0 Å². The quantitative estimate of drug-likeness (QED) is 0.405. The summed E-state index contributed by atoms with van der Waals surface area (Å²) in [4.78, 5) is 36.3. The molecule has 85 valence electrons. The average Bonchev–Trinajstić information content (AvgIpc) is 2.11. The summed E-state index contributed by atoms with van der Waals surface area (Å²) in [6.07, 6.45) is 0. The minimum atomic E-state index is -2.29. The summed E-state index contributed by atoms with van der Waals surface area (Å²) in [5.41, 5.74) is -2.29. The Morgan fingerprint density at radius 1 is 1.00 bits per heavy atom. The molecule has 11 nitrogen and oxygen atoms in total. The van der Waals surface area contributed by atoms with Crippen molar-refractivity contribution in [3.8, 4) is 0 Å². The highest BCUT2D eigenvalue weighted by molar-refractivity contribution is 4.80. The van der Waals surface area contributed by atoms with Gasteiger partial charge in [-0.15, -0.1) is 20.2 Å². The molecule has 15 heavy (non-hydrogen) atoms. The molecule has 0 amide bonds. The zero-order valence-corrected chi connectivity index (χ0v) is 7.23. The van der Waals surface area contributed by atoms with Crippen LogP contribution < -0.4 is 0 Å². The van der Waals surface area contributed by atoms with Crippen LogP contribution in [0.4, 0.5) is 0 Å². The molecule has 0 aromatic heterocycles. The maximum Gasteiger partial charge on any atom is 0.294 e. The molecule has 0 aliphatic rings. The molecular formula is C4H6N3O8. The van der Waals surface area contributed by atoms with Crippen LogP contribution in [0.15, 0.2) is 0 Å². The highest BCUT2D eigenvalue weighted by Crippen LogP contribution is 2.10. The van der Waals surface area contributed by atoms with Gasteiger partial charge in [0.05, 0.1) is 0 Å². The number of hydrogen-bond acceptors (Lipinski definition) is 8. The van der Waals surface area contributed by atoms with Crippen LogP contribution in [-0.4, -0.2) is 33.8 Å². The topological polar surface area (TPSA) is 148 Å². The zero-order valence-electron chi connectivity index (χ0n) is 7.23. The van der Waals surface area contributed by atoms with Crippen LogP contribution >= 0.6 is 0 Å². The first-order valence-electron chi connectivity index (χ1n) is 3.32. The molecule has 0 unspecified atom stereocenters. The second-order valence-corrected chi connectivity index (χ2v) is 2.48. The molecule has 0 aliphatic heterocycles. The summed E-state index contributed by atoms with van der Waals surface area (Å²) in [6, 6.07) is 0. The van der Waals surface area contributed by atoms with E-state index in [9.17, 15) is 30.3 Å². The van der Waals surface area contributed by atoms with Crippen LogP contribution in [0.1, 0.15) is 0 Å². The van der Waals surface area contributed by atoms with Crippen LogP contribution in [-0.2, 0) is 9.68 Å². The van der Waals surface area contributed by atoms with Crippen molar-refractivity contribution in [3.63, 3.8) is 0 Å². The molecular weight excluding hydrogens is 218 g/mol. The molecule has 0 spiro atoms. The van der Waals surface area contributed by atoms with Crippen LogP contribution in [0, 0.1) is 37.3 Å². The van der Waals surface area contributed by atoms with Crippen molar-refractivity contribution in [3.05, 3.63) is 37.3 Å². The van der Waals surface area contributed by atoms with E-state index in [0.29, 0.717) is 0 Å². The van der Waals surface area contributed by atoms with Crippen LogP contribution in [0.25, 0.3) is 0 Å². The Morgan fingerprint density at radius 3 is 1.53 bits per heavy atom. The predicted molar refractivity (Wildman–Crippen MR) is 41.0 cm³/mol. The monoisotopic (exact) mass is 224 g/mol. The second kappa shape index (κ2) is 4.88. The minimum Gasteiger partial charge on any atom is -0.306 e. The van der Waals surface area contributed by atoms with Crippen LogP contribution in [0.2, 0.25) is 0 Å². The molecule has 0 N–H and O–H groups in total. The van der Waals surface area contributed by atoms with Gasteiger partial charge >= 0.3 is 0 Å². The second-order valence-electron chi connectivity index (χ2n) is 2.48. The molecule has 0 heterocycles. The lowest BCUT2D eigenvalue weighted by atomic mass is 10.1. The van der Waals surface area contributed by atoms with Gasteiger partial charge in [0.25, 0.3) is 15.7 Å². The van der Waals surface area contributed by atoms with Crippen molar-refractivity contribution in [1.82, 2.24) is 0 Å². The van der Waals surface area contributed by atoms with Gasteiger partial charge in [-0.25, -0.2) is 0 Å². The summed E-state index contributed by atoms with van der Waals surface area (Å²) in [6.45, 7) is 0.873. The smallest absolute Gasteiger partial charge is 0.294 e. The Bertz CT molecular complexity index is 259. The fourth-order valence-electron chi connectivity index (χ4n) is 0.493. The van der Waals surface area contributed by atoms with Gasteiger partial charge in [-0.3, -0.25) is 10.1 Å². The molecule has 1 radical (unpaired) electrons. The van der Waals surface area contributed by atoms with E-state index >= 15 is 0 Å². The van der Waals surface area contributed by atoms with E-state index in [2.05, 4.69) is 16.6 Å². The fourth-order valence-corrected chi connectivity index (χ4v) is 0.493. The first-order valence-corrected chi connectivity index (χ1v) is 3.32. The van der Waals surface area contributed by atoms with Crippen molar-refractivity contribution in [1.29, 1.82) is 0 Å². The molecule has 0 saturated carbocycles. The van der Waals surface area contributed by atoms with E-state index in [1.165, 1.54) is 0 Å². The number of nitrogens with zero attached hydrogens (tertiary/aromatic N) is 3. The van der Waals surface area contributed by atoms with Crippen LogP contribution in [0.5, 0.6) is 0 Å². The minimum absolute atomic E-state index is 1.04. The molecule has 0 saturated heterocycles. The van der Waals surface area contributed by atoms with Crippen LogP contribution in [0.3, 0.4) is 0 Å². The van der Waals surface area contributed by atoms with E-state index in [-0.39, 0.29) is 0 Å². The third kappa shape index (κ3) is 4.54. The lowest BCUT2D eigenvalue weighted by Crippen LogP contribution is -2.45. The molecule has 0 aromatic carbocycles. The third-order valence-electron chi connectivity index (χ3n) is 1.26. The first kappa shape index (κ1) is 12.8. The van der Waals surface area contributed by atoms with Crippen molar-refractivity contribution in [2.75, 3.05) is 13.2 Å². The normalized spacial score (nSPS) is 10.5. The first-order chi connectivity index (χ1) is 6.78. The largest absolute Gasteiger partial charge is 0.306 e. The summed E-state index contributed by atoms with van der Waals surface area (Å²) < 4.78 is 0. The van der Waals surface area contributed by atoms with Gasteiger partial charge in [0, 0.05) is 11.8 Å². The highest BCUT2D eigenvalue weighted by Gasteiger charge is 2.40. The summed E-state index contributed by atoms with van der Waals surface area (Å²) >= 11 is 0. The molecule has 0 aromatic rings. The standard InChI is InChI=1S/C4H6N3O8/c1-4(5(8)9,2-14-6(10)11)3-15-7(12)13/h1-3H2. The maximum atomic E-state index is 10.4. The molecule has 0 bridgehead atoms. The zero-order chi connectivity index (χ0) is 12.1. The molecule has 0 fully saturated rings. The van der Waals surface area contributed by atoms with Gasteiger partial charge in [-0.2, -0.15) is 0 Å². The van der Waals surface area contributed by atoms with Crippen molar-refractivity contribution < 1.29 is 24.8 Å². The van der Waals surface area contributed by atoms with Gasteiger partial charge in [0.15, 0.2) is 13.2 Å². The average molecular weight is 224 g/mol. The van der Waals surface area contributed by atoms with Gasteiger partial charge < -0.3 is 9.68 Å². The number of hydrogen-bond donors (Lipinski definition) is 0. The lowest BCUT2D eigenvalue weighted by Gasteiger charge is -2.17. The molecule has 0 atom stereocenters. The van der Waals surface area contributed by atoms with Crippen molar-refractivity contribution in [2.24, 2.45) is 0 Å². The fraction of sp³-hybridized carbons (Fsp3) is 0.750. The molecule has 0 rings (SSSR count). The number of rotatable bonds is 7. The predicted octanol–water partition coefficient (Wildman–Crippen LogP) is -0.747. The Labute approximate surface area is 81.9 Å².